The van der Waals surface area contributed by atoms with Crippen molar-refractivity contribution in [2.45, 2.75) is 64.7 Å². The average Bonchev–Trinajstić information content (AvgIpc) is 3.31. The van der Waals surface area contributed by atoms with E-state index in [0.29, 0.717) is 0 Å². The van der Waals surface area contributed by atoms with E-state index >= 15 is 0 Å². The molecule has 0 aromatic heterocycles. The van der Waals surface area contributed by atoms with Gasteiger partial charge in [0, 0.05) is 45.4 Å². The van der Waals surface area contributed by atoms with Crippen molar-refractivity contribution in [2.75, 3.05) is 40.4 Å². The molecule has 2 aromatic carbocycles. The molecule has 0 spiro atoms. The maximum Gasteiger partial charge on any atom is 0.166 e. The quantitative estimate of drug-likeness (QED) is 0.316. The number of allylic oxidation sites excluding steroid dienone is 10. The zero-order chi connectivity index (χ0) is 31.3. The lowest BCUT2D eigenvalue weighted by molar-refractivity contribution is 0.347. The predicted molar refractivity (Wildman–Crippen MR) is 178 cm³/mol. The third kappa shape index (κ3) is 4.86. The van der Waals surface area contributed by atoms with Crippen LogP contribution in [0, 0.1) is 0 Å². The van der Waals surface area contributed by atoms with Gasteiger partial charge in [-0.15, -0.1) is 0 Å². The first-order valence-corrected chi connectivity index (χ1v) is 15.3. The number of nitrogens with zero attached hydrogens (tertiary/aromatic N) is 1. The Kier molecular flexibility index (Phi) is 8.26. The molecular weight excluding hydrogens is 558 g/mol. The molecule has 6 heteroatoms. The van der Waals surface area contributed by atoms with Crippen LogP contribution < -0.4 is 23.8 Å². The highest BCUT2D eigenvalue weighted by atomic mass is 35.5. The number of rotatable bonds is 7. The van der Waals surface area contributed by atoms with E-state index in [4.69, 9.17) is 30.5 Å². The van der Waals surface area contributed by atoms with Crippen LogP contribution >= 0.6 is 11.6 Å². The molecule has 1 aliphatic heterocycles. The van der Waals surface area contributed by atoms with E-state index in [0.717, 1.165) is 64.1 Å². The fraction of sp³-hybridized carbons (Fsp3) is 0.405. The summed E-state index contributed by atoms with van der Waals surface area (Å²) in [5.41, 5.74) is 10.2. The van der Waals surface area contributed by atoms with Crippen molar-refractivity contribution < 1.29 is 18.9 Å². The Balaban J connectivity index is 1.48. The summed E-state index contributed by atoms with van der Waals surface area (Å²) in [6.45, 7) is 11.2. The largest absolute Gasteiger partial charge is 0.493 e. The molecule has 2 aromatic rings. The van der Waals surface area contributed by atoms with Gasteiger partial charge in [0.25, 0.3) is 0 Å². The molecule has 0 amide bonds. The summed E-state index contributed by atoms with van der Waals surface area (Å²) in [6.07, 6.45) is 11.9. The van der Waals surface area contributed by atoms with Gasteiger partial charge in [-0.3, -0.25) is 0 Å². The molecular formula is C37H44ClNO4. The number of methoxy groups -OCH3 is 4. The van der Waals surface area contributed by atoms with Crippen LogP contribution in [0.15, 0.2) is 76.0 Å². The van der Waals surface area contributed by atoms with Gasteiger partial charge in [-0.05, 0) is 78.3 Å². The molecule has 0 N–H and O–H groups in total. The van der Waals surface area contributed by atoms with Gasteiger partial charge < -0.3 is 23.8 Å². The summed E-state index contributed by atoms with van der Waals surface area (Å²) in [7, 11) is 8.89. The Morgan fingerprint density at radius 1 is 0.767 bits per heavy atom. The number of anilines is 1. The van der Waals surface area contributed by atoms with E-state index in [1.807, 2.05) is 12.1 Å². The van der Waals surface area contributed by atoms with E-state index in [1.165, 1.54) is 33.5 Å². The van der Waals surface area contributed by atoms with Crippen molar-refractivity contribution in [3.8, 4) is 23.0 Å². The highest BCUT2D eigenvalue weighted by Crippen LogP contribution is 2.55. The molecule has 0 saturated heterocycles. The van der Waals surface area contributed by atoms with Crippen molar-refractivity contribution in [3.63, 3.8) is 0 Å². The molecule has 2 aliphatic carbocycles. The molecule has 5 nitrogen and oxygen atoms in total. The van der Waals surface area contributed by atoms with Gasteiger partial charge in [0.2, 0.25) is 0 Å². The Morgan fingerprint density at radius 2 is 1.40 bits per heavy atom. The molecule has 0 fully saturated rings. The van der Waals surface area contributed by atoms with Gasteiger partial charge in [0.05, 0.1) is 28.4 Å². The second-order valence-electron chi connectivity index (χ2n) is 12.5. The molecule has 0 unspecified atom stereocenters. The minimum Gasteiger partial charge on any atom is -0.493 e. The van der Waals surface area contributed by atoms with Gasteiger partial charge in [0.15, 0.2) is 23.0 Å². The summed E-state index contributed by atoms with van der Waals surface area (Å²) in [5, 5.41) is 0.848. The van der Waals surface area contributed by atoms with Gasteiger partial charge in [0.1, 0.15) is 0 Å². The lowest BCUT2D eigenvalue weighted by atomic mass is 9.80. The Bertz CT molecular complexity index is 1620. The zero-order valence-electron chi connectivity index (χ0n) is 27.2. The Hall–Kier alpha value is -3.57. The average molecular weight is 602 g/mol. The summed E-state index contributed by atoms with van der Waals surface area (Å²) in [4.78, 5) is 2.24. The molecule has 0 bridgehead atoms. The van der Waals surface area contributed by atoms with Crippen molar-refractivity contribution in [2.24, 2.45) is 0 Å². The van der Waals surface area contributed by atoms with Crippen LogP contribution in [0.2, 0.25) is 0 Å². The first-order chi connectivity index (χ1) is 20.4. The van der Waals surface area contributed by atoms with Gasteiger partial charge in [-0.25, -0.2) is 0 Å². The van der Waals surface area contributed by atoms with Crippen LogP contribution in [-0.4, -0.2) is 35.5 Å². The van der Waals surface area contributed by atoms with Gasteiger partial charge in [-0.2, -0.15) is 0 Å². The predicted octanol–water partition coefficient (Wildman–Crippen LogP) is 9.26. The third-order valence-corrected chi connectivity index (χ3v) is 10.00. The third-order valence-electron chi connectivity index (χ3n) is 9.51. The zero-order valence-corrected chi connectivity index (χ0v) is 28.0. The number of likely N-dealkylation sites (N-methyl/N-ethyl adjacent to an activating group) is 1. The maximum atomic E-state index is 7.12. The molecule has 5 rings (SSSR count). The number of halogens is 1. The highest BCUT2D eigenvalue weighted by Gasteiger charge is 2.42. The summed E-state index contributed by atoms with van der Waals surface area (Å²) < 4.78 is 22.9. The van der Waals surface area contributed by atoms with Gasteiger partial charge >= 0.3 is 0 Å². The minimum atomic E-state index is -0.272. The van der Waals surface area contributed by atoms with E-state index < -0.39 is 0 Å². The van der Waals surface area contributed by atoms with Crippen LogP contribution in [0.4, 0.5) is 5.69 Å². The second kappa shape index (κ2) is 11.5. The van der Waals surface area contributed by atoms with Gasteiger partial charge in [-0.1, -0.05) is 63.6 Å². The first kappa shape index (κ1) is 30.9. The second-order valence-corrected chi connectivity index (χ2v) is 12.9. The van der Waals surface area contributed by atoms with Crippen molar-refractivity contribution in [3.05, 3.63) is 92.7 Å². The normalized spacial score (nSPS) is 20.8. The Morgan fingerprint density at radius 3 is 2.02 bits per heavy atom. The van der Waals surface area contributed by atoms with Crippen LogP contribution in [0.1, 0.15) is 70.6 Å². The smallest absolute Gasteiger partial charge is 0.166 e. The highest BCUT2D eigenvalue weighted by molar-refractivity contribution is 6.32. The molecule has 0 saturated carbocycles. The van der Waals surface area contributed by atoms with Crippen molar-refractivity contribution >= 4 is 22.9 Å². The van der Waals surface area contributed by atoms with E-state index in [-0.39, 0.29) is 10.8 Å². The number of ether oxygens (including phenoxy) is 4. The fourth-order valence-corrected chi connectivity index (χ4v) is 7.63. The fourth-order valence-electron chi connectivity index (χ4n) is 7.31. The number of hydrogen-bond donors (Lipinski definition) is 0. The number of fused-ring (bicyclic) bond motifs is 2. The summed E-state index contributed by atoms with van der Waals surface area (Å²) >= 11 is 7.12. The lowest BCUT2D eigenvalue weighted by Crippen LogP contribution is -2.23. The SMILES string of the molecule is COc1ccc2c(c1OC)C(C)(C)C(/C=C/C1=C(Cl)C(=C/C=C3\N(C)c4ccc(OC)c(OC)c4C3(C)C)CCC1)=C2C. The first-order valence-electron chi connectivity index (χ1n) is 14.9. The van der Waals surface area contributed by atoms with Crippen LogP contribution in [0.5, 0.6) is 23.0 Å². The molecule has 0 radical (unpaired) electrons. The van der Waals surface area contributed by atoms with Crippen molar-refractivity contribution in [1.29, 1.82) is 0 Å². The summed E-state index contributed by atoms with van der Waals surface area (Å²) in [6, 6.07) is 8.21. The van der Waals surface area contributed by atoms with Crippen LogP contribution in [-0.2, 0) is 10.8 Å². The monoisotopic (exact) mass is 601 g/mol. The Labute approximate surface area is 262 Å². The topological polar surface area (TPSA) is 40.2 Å². The minimum absolute atomic E-state index is 0.238. The molecule has 228 valence electrons. The number of benzene rings is 2. The number of hydrogen-bond acceptors (Lipinski definition) is 5. The van der Waals surface area contributed by atoms with E-state index in [2.05, 4.69) is 83.0 Å². The molecule has 43 heavy (non-hydrogen) atoms. The molecule has 3 aliphatic rings. The lowest BCUT2D eigenvalue weighted by Gasteiger charge is -2.26. The molecule has 0 atom stereocenters. The summed E-state index contributed by atoms with van der Waals surface area (Å²) in [5.74, 6) is 3.09. The van der Waals surface area contributed by atoms with Crippen LogP contribution in [0.25, 0.3) is 5.57 Å². The standard InChI is InChI=1S/C37H44ClNO4/c1-22-25-16-19-28(40-7)34(42-9)31(25)36(2,3)26(22)17-14-23-12-11-13-24(33(23)38)15-21-30-37(4,5)32-27(39(30)6)18-20-29(41-8)35(32)43-10/h14-21H,11-13H2,1-10H3/b17-14+,24-15?,30-21-. The molecule has 1 heterocycles. The van der Waals surface area contributed by atoms with E-state index in [9.17, 15) is 0 Å². The maximum absolute atomic E-state index is 7.12. The van der Waals surface area contributed by atoms with Crippen LogP contribution in [0.3, 0.4) is 0 Å². The van der Waals surface area contributed by atoms with Crippen molar-refractivity contribution in [1.82, 2.24) is 0 Å². The van der Waals surface area contributed by atoms with E-state index in [1.54, 1.807) is 28.4 Å².